The fraction of sp³-hybridized carbons (Fsp3) is 0.385. The van der Waals surface area contributed by atoms with Gasteiger partial charge in [-0.3, -0.25) is 0 Å². The molecule has 0 aliphatic heterocycles. The van der Waals surface area contributed by atoms with E-state index in [-0.39, 0.29) is 8.80 Å². The second kappa shape index (κ2) is 6.81. The molecular weight excluding hydrogens is 232 g/mol. The third-order valence-electron chi connectivity index (χ3n) is 2.56. The van der Waals surface area contributed by atoms with Crippen LogP contribution in [0.2, 0.25) is 18.6 Å². The Morgan fingerprint density at radius 2 is 2.00 bits per heavy atom. The first-order valence-corrected chi connectivity index (χ1v) is 8.50. The number of hydrogen-bond acceptors (Lipinski definition) is 2. The molecule has 1 aromatic carbocycles. The quantitative estimate of drug-likeness (QED) is 0.456. The molecule has 0 saturated heterocycles. The normalized spacial score (nSPS) is 12.5. The van der Waals surface area contributed by atoms with E-state index in [9.17, 15) is 0 Å². The van der Waals surface area contributed by atoms with Crippen molar-refractivity contribution in [3.05, 3.63) is 36.9 Å². The summed E-state index contributed by atoms with van der Waals surface area (Å²) >= 11 is 4.23. The SMILES string of the molecule is C=CC(CCOc1ccc(S)cc1)[Si](C)C. The third-order valence-corrected chi connectivity index (χ3v) is 4.87. The van der Waals surface area contributed by atoms with Crippen LogP contribution in [0.1, 0.15) is 6.42 Å². The number of thiol groups is 1. The van der Waals surface area contributed by atoms with Gasteiger partial charge in [-0.2, -0.15) is 0 Å². The highest BCUT2D eigenvalue weighted by Gasteiger charge is 2.10. The Morgan fingerprint density at radius 1 is 1.38 bits per heavy atom. The molecule has 1 aromatic rings. The van der Waals surface area contributed by atoms with Crippen LogP contribution in [0.25, 0.3) is 0 Å². The van der Waals surface area contributed by atoms with E-state index in [0.717, 1.165) is 23.7 Å². The van der Waals surface area contributed by atoms with Gasteiger partial charge in [-0.05, 0) is 36.2 Å². The van der Waals surface area contributed by atoms with E-state index in [1.165, 1.54) is 0 Å². The fourth-order valence-corrected chi connectivity index (χ4v) is 2.80. The van der Waals surface area contributed by atoms with E-state index in [4.69, 9.17) is 4.74 Å². The Morgan fingerprint density at radius 3 is 2.50 bits per heavy atom. The summed E-state index contributed by atoms with van der Waals surface area (Å²) in [6, 6.07) is 7.79. The largest absolute Gasteiger partial charge is 0.494 e. The maximum Gasteiger partial charge on any atom is 0.119 e. The minimum atomic E-state index is -0.295. The van der Waals surface area contributed by atoms with Crippen molar-refractivity contribution in [2.75, 3.05) is 6.61 Å². The molecule has 0 fully saturated rings. The number of ether oxygens (including phenoxy) is 1. The summed E-state index contributed by atoms with van der Waals surface area (Å²) in [6.07, 6.45) is 3.13. The van der Waals surface area contributed by atoms with Gasteiger partial charge in [0.25, 0.3) is 0 Å². The lowest BCUT2D eigenvalue weighted by Gasteiger charge is -2.15. The molecular formula is C13H19OSSi. The van der Waals surface area contributed by atoms with Gasteiger partial charge in [-0.1, -0.05) is 19.2 Å². The number of benzene rings is 1. The maximum absolute atomic E-state index is 5.68. The minimum Gasteiger partial charge on any atom is -0.494 e. The summed E-state index contributed by atoms with van der Waals surface area (Å²) in [4.78, 5) is 0.962. The average Bonchev–Trinajstić information content (AvgIpc) is 2.26. The second-order valence-corrected chi connectivity index (χ2v) is 7.46. The Kier molecular flexibility index (Phi) is 5.70. The highest BCUT2D eigenvalue weighted by Crippen LogP contribution is 2.19. The van der Waals surface area contributed by atoms with Crippen LogP contribution in [-0.2, 0) is 0 Å². The molecule has 0 bridgehead atoms. The van der Waals surface area contributed by atoms with E-state index in [1.54, 1.807) is 0 Å². The topological polar surface area (TPSA) is 9.23 Å². The van der Waals surface area contributed by atoms with Crippen molar-refractivity contribution in [1.29, 1.82) is 0 Å². The predicted octanol–water partition coefficient (Wildman–Crippen LogP) is 4.05. The van der Waals surface area contributed by atoms with Crippen molar-refractivity contribution < 1.29 is 4.74 Å². The number of rotatable bonds is 6. The molecule has 0 heterocycles. The summed E-state index contributed by atoms with van der Waals surface area (Å²) in [5.41, 5.74) is 0.633. The summed E-state index contributed by atoms with van der Waals surface area (Å²) < 4.78 is 5.68. The van der Waals surface area contributed by atoms with E-state index >= 15 is 0 Å². The van der Waals surface area contributed by atoms with Crippen LogP contribution < -0.4 is 4.74 Å². The summed E-state index contributed by atoms with van der Waals surface area (Å²) in [7, 11) is -0.295. The van der Waals surface area contributed by atoms with Crippen molar-refractivity contribution in [3.8, 4) is 5.75 Å². The summed E-state index contributed by atoms with van der Waals surface area (Å²) in [6.45, 7) is 9.27. The predicted molar refractivity (Wildman–Crippen MR) is 75.2 cm³/mol. The van der Waals surface area contributed by atoms with Gasteiger partial charge in [-0.25, -0.2) is 0 Å². The monoisotopic (exact) mass is 251 g/mol. The number of hydrogen-bond donors (Lipinski definition) is 1. The van der Waals surface area contributed by atoms with Crippen LogP contribution in [0, 0.1) is 0 Å². The standard InChI is InChI=1S/C13H19OSSi/c1-4-13(16(2)3)9-10-14-11-5-7-12(15)8-6-11/h4-8,13,15H,1,9-10H2,2-3H3. The molecule has 0 spiro atoms. The smallest absolute Gasteiger partial charge is 0.119 e. The zero-order valence-electron chi connectivity index (χ0n) is 9.94. The zero-order chi connectivity index (χ0) is 12.0. The van der Waals surface area contributed by atoms with Crippen molar-refractivity contribution in [2.45, 2.75) is 30.0 Å². The Balaban J connectivity index is 2.35. The molecule has 0 N–H and O–H groups in total. The van der Waals surface area contributed by atoms with Crippen molar-refractivity contribution in [2.24, 2.45) is 0 Å². The van der Waals surface area contributed by atoms with Gasteiger partial charge < -0.3 is 4.74 Å². The Bertz CT molecular complexity index is 321. The first-order chi connectivity index (χ1) is 7.63. The average molecular weight is 251 g/mol. The van der Waals surface area contributed by atoms with Crippen LogP contribution in [0.15, 0.2) is 41.8 Å². The van der Waals surface area contributed by atoms with Crippen LogP contribution >= 0.6 is 12.6 Å². The van der Waals surface area contributed by atoms with Crippen molar-refractivity contribution in [1.82, 2.24) is 0 Å². The van der Waals surface area contributed by atoms with Crippen LogP contribution in [0.3, 0.4) is 0 Å². The molecule has 0 aromatic heterocycles. The zero-order valence-corrected chi connectivity index (χ0v) is 11.8. The van der Waals surface area contributed by atoms with Gasteiger partial charge in [0, 0.05) is 13.7 Å². The Hall–Kier alpha value is -0.673. The molecule has 1 unspecified atom stereocenters. The minimum absolute atomic E-state index is 0.295. The van der Waals surface area contributed by atoms with Gasteiger partial charge in [0.1, 0.15) is 5.75 Å². The van der Waals surface area contributed by atoms with E-state index < -0.39 is 0 Å². The van der Waals surface area contributed by atoms with E-state index in [1.807, 2.05) is 24.3 Å². The van der Waals surface area contributed by atoms with E-state index in [2.05, 4.69) is 38.4 Å². The molecule has 1 nitrogen and oxygen atoms in total. The maximum atomic E-state index is 5.68. The molecule has 0 saturated carbocycles. The van der Waals surface area contributed by atoms with Gasteiger partial charge >= 0.3 is 0 Å². The first kappa shape index (κ1) is 13.4. The fourth-order valence-electron chi connectivity index (χ4n) is 1.49. The lowest BCUT2D eigenvalue weighted by Crippen LogP contribution is -2.13. The lowest BCUT2D eigenvalue weighted by atomic mass is 10.3. The first-order valence-electron chi connectivity index (χ1n) is 5.48. The van der Waals surface area contributed by atoms with E-state index in [0.29, 0.717) is 5.54 Å². The van der Waals surface area contributed by atoms with Gasteiger partial charge in [0.15, 0.2) is 0 Å². The molecule has 3 heteroatoms. The molecule has 0 aliphatic carbocycles. The van der Waals surface area contributed by atoms with Crippen LogP contribution in [0.4, 0.5) is 0 Å². The summed E-state index contributed by atoms with van der Waals surface area (Å²) in [5, 5.41) is 0. The molecule has 1 atom stereocenters. The van der Waals surface area contributed by atoms with Crippen LogP contribution in [0.5, 0.6) is 5.75 Å². The van der Waals surface area contributed by atoms with Gasteiger partial charge in [0.05, 0.1) is 6.61 Å². The second-order valence-electron chi connectivity index (χ2n) is 4.05. The molecule has 16 heavy (non-hydrogen) atoms. The highest BCUT2D eigenvalue weighted by molar-refractivity contribution is 7.80. The van der Waals surface area contributed by atoms with Crippen molar-refractivity contribution >= 4 is 21.4 Å². The molecule has 1 rings (SSSR count). The number of allylic oxidation sites excluding steroid dienone is 1. The van der Waals surface area contributed by atoms with Gasteiger partial charge in [-0.15, -0.1) is 19.2 Å². The third kappa shape index (κ3) is 4.45. The van der Waals surface area contributed by atoms with Crippen LogP contribution in [-0.4, -0.2) is 15.4 Å². The van der Waals surface area contributed by atoms with Crippen molar-refractivity contribution in [3.63, 3.8) is 0 Å². The Labute approximate surface area is 106 Å². The molecule has 87 valence electrons. The molecule has 0 aliphatic rings. The highest BCUT2D eigenvalue weighted by atomic mass is 32.1. The molecule has 0 amide bonds. The molecule has 1 radical (unpaired) electrons. The van der Waals surface area contributed by atoms with Gasteiger partial charge in [0.2, 0.25) is 0 Å². The lowest BCUT2D eigenvalue weighted by molar-refractivity contribution is 0.311. The summed E-state index contributed by atoms with van der Waals surface area (Å²) in [5.74, 6) is 0.918.